The van der Waals surface area contributed by atoms with Gasteiger partial charge in [0.1, 0.15) is 6.04 Å². The van der Waals surface area contributed by atoms with Gasteiger partial charge < -0.3 is 10.2 Å². The molecule has 0 bridgehead atoms. The fraction of sp³-hybridized carbons (Fsp3) is 0.529. The van der Waals surface area contributed by atoms with Crippen molar-refractivity contribution < 1.29 is 19.8 Å². The zero-order valence-corrected chi connectivity index (χ0v) is 12.4. The van der Waals surface area contributed by atoms with Crippen LogP contribution in [0.5, 0.6) is 0 Å². The Morgan fingerprint density at radius 1 is 1.18 bits per heavy atom. The fourth-order valence-corrected chi connectivity index (χ4v) is 4.04. The molecule has 3 rings (SSSR count). The van der Waals surface area contributed by atoms with E-state index in [1.165, 1.54) is 6.42 Å². The minimum atomic E-state index is -0.950. The lowest BCUT2D eigenvalue weighted by molar-refractivity contribution is -0.142. The zero-order chi connectivity index (χ0) is 15.7. The van der Waals surface area contributed by atoms with Crippen molar-refractivity contribution in [3.05, 3.63) is 35.4 Å². The number of nitrogens with zero attached hydrogens (tertiary/aromatic N) is 1. The first kappa shape index (κ1) is 15.0. The number of carboxylic acid groups (broad SMARTS) is 2. The molecule has 0 aromatic heterocycles. The highest BCUT2D eigenvalue weighted by atomic mass is 16.4. The number of hydrogen-bond donors (Lipinski definition) is 2. The first-order chi connectivity index (χ1) is 10.6. The van der Waals surface area contributed by atoms with Crippen LogP contribution in [0.1, 0.15) is 48.0 Å². The first-order valence-electron chi connectivity index (χ1n) is 7.87. The molecule has 3 unspecified atom stereocenters. The quantitative estimate of drug-likeness (QED) is 0.894. The summed E-state index contributed by atoms with van der Waals surface area (Å²) in [5, 5.41) is 18.6. The summed E-state index contributed by atoms with van der Waals surface area (Å²) in [5.41, 5.74) is 1.13. The number of likely N-dealkylation sites (tertiary alicyclic amines) is 1. The minimum Gasteiger partial charge on any atom is -0.480 e. The van der Waals surface area contributed by atoms with Crippen molar-refractivity contribution in [2.45, 2.75) is 50.7 Å². The molecule has 1 aliphatic carbocycles. The summed E-state index contributed by atoms with van der Waals surface area (Å²) in [4.78, 5) is 24.7. The van der Waals surface area contributed by atoms with Crippen molar-refractivity contribution in [2.75, 3.05) is 0 Å². The van der Waals surface area contributed by atoms with Gasteiger partial charge in [-0.3, -0.25) is 9.69 Å². The van der Waals surface area contributed by atoms with Crippen molar-refractivity contribution in [3.63, 3.8) is 0 Å². The van der Waals surface area contributed by atoms with Crippen LogP contribution in [0.15, 0.2) is 24.3 Å². The van der Waals surface area contributed by atoms with Crippen LogP contribution in [0.25, 0.3) is 0 Å². The minimum absolute atomic E-state index is 0.253. The largest absolute Gasteiger partial charge is 0.480 e. The summed E-state index contributed by atoms with van der Waals surface area (Å²) < 4.78 is 0. The average Bonchev–Trinajstić information content (AvgIpc) is 2.87. The van der Waals surface area contributed by atoms with E-state index in [0.717, 1.165) is 31.2 Å². The fourth-order valence-electron chi connectivity index (χ4n) is 4.04. The van der Waals surface area contributed by atoms with Gasteiger partial charge in [-0.15, -0.1) is 0 Å². The van der Waals surface area contributed by atoms with Crippen LogP contribution >= 0.6 is 0 Å². The monoisotopic (exact) mass is 303 g/mol. The van der Waals surface area contributed by atoms with Crippen LogP contribution in [0.4, 0.5) is 0 Å². The number of carbonyl (C=O) groups is 2. The molecule has 1 aromatic carbocycles. The van der Waals surface area contributed by atoms with Crippen molar-refractivity contribution in [1.82, 2.24) is 4.90 Å². The van der Waals surface area contributed by atoms with Gasteiger partial charge in [0.05, 0.1) is 5.56 Å². The lowest BCUT2D eigenvalue weighted by Crippen LogP contribution is -2.41. The Balaban J connectivity index is 1.83. The van der Waals surface area contributed by atoms with Crippen LogP contribution in [0.2, 0.25) is 0 Å². The summed E-state index contributed by atoms with van der Waals surface area (Å²) in [6.07, 6.45) is 5.22. The maximum atomic E-state index is 11.6. The van der Waals surface area contributed by atoms with Gasteiger partial charge in [0.25, 0.3) is 0 Å². The third-order valence-electron chi connectivity index (χ3n) is 5.05. The SMILES string of the molecule is O=C(O)c1cccc(CN2C(C(=O)O)CC3CCCCC32)c1. The number of hydrogen-bond acceptors (Lipinski definition) is 3. The van der Waals surface area contributed by atoms with Gasteiger partial charge in [-0.1, -0.05) is 25.0 Å². The molecule has 3 atom stereocenters. The van der Waals surface area contributed by atoms with Crippen LogP contribution < -0.4 is 0 Å². The summed E-state index contributed by atoms with van der Waals surface area (Å²) in [6, 6.07) is 6.69. The second-order valence-corrected chi connectivity index (χ2v) is 6.38. The number of rotatable bonds is 4. The molecule has 22 heavy (non-hydrogen) atoms. The van der Waals surface area contributed by atoms with Gasteiger partial charge in [0.2, 0.25) is 0 Å². The molecule has 118 valence electrons. The maximum Gasteiger partial charge on any atom is 0.335 e. The van der Waals surface area contributed by atoms with E-state index in [0.29, 0.717) is 18.5 Å². The highest BCUT2D eigenvalue weighted by Gasteiger charge is 2.44. The zero-order valence-electron chi connectivity index (χ0n) is 12.4. The number of aliphatic carboxylic acids is 1. The molecule has 1 aromatic rings. The van der Waals surface area contributed by atoms with Crippen LogP contribution in [-0.2, 0) is 11.3 Å². The first-order valence-corrected chi connectivity index (χ1v) is 7.87. The number of fused-ring (bicyclic) bond motifs is 1. The van der Waals surface area contributed by atoms with Gasteiger partial charge in [0.15, 0.2) is 0 Å². The second-order valence-electron chi connectivity index (χ2n) is 6.38. The Morgan fingerprint density at radius 3 is 2.68 bits per heavy atom. The Labute approximate surface area is 129 Å². The molecule has 1 aliphatic heterocycles. The molecule has 5 nitrogen and oxygen atoms in total. The molecule has 2 fully saturated rings. The summed E-state index contributed by atoms with van der Waals surface area (Å²) in [7, 11) is 0. The van der Waals surface area contributed by atoms with Crippen LogP contribution in [0.3, 0.4) is 0 Å². The van der Waals surface area contributed by atoms with Gasteiger partial charge in [-0.05, 0) is 42.9 Å². The van der Waals surface area contributed by atoms with Crippen molar-refractivity contribution in [3.8, 4) is 0 Å². The molecule has 2 N–H and O–H groups in total. The second kappa shape index (κ2) is 6.08. The van der Waals surface area contributed by atoms with E-state index < -0.39 is 18.0 Å². The molecule has 0 spiro atoms. The van der Waals surface area contributed by atoms with E-state index in [-0.39, 0.29) is 5.56 Å². The van der Waals surface area contributed by atoms with E-state index in [1.54, 1.807) is 18.2 Å². The molecule has 5 heteroatoms. The Bertz CT molecular complexity index is 586. The molecule has 0 amide bonds. The lowest BCUT2D eigenvalue weighted by Gasteiger charge is -2.33. The third-order valence-corrected chi connectivity index (χ3v) is 5.05. The highest BCUT2D eigenvalue weighted by molar-refractivity contribution is 5.87. The molecule has 0 radical (unpaired) electrons. The van der Waals surface area contributed by atoms with Crippen molar-refractivity contribution in [1.29, 1.82) is 0 Å². The van der Waals surface area contributed by atoms with E-state index in [4.69, 9.17) is 5.11 Å². The Hall–Kier alpha value is -1.88. The summed E-state index contributed by atoms with van der Waals surface area (Å²) in [6.45, 7) is 0.513. The average molecular weight is 303 g/mol. The highest BCUT2D eigenvalue weighted by Crippen LogP contribution is 2.40. The van der Waals surface area contributed by atoms with Crippen molar-refractivity contribution >= 4 is 11.9 Å². The number of benzene rings is 1. The van der Waals surface area contributed by atoms with E-state index in [9.17, 15) is 14.7 Å². The summed E-state index contributed by atoms with van der Waals surface area (Å²) in [5.74, 6) is -1.24. The molecule has 1 heterocycles. The van der Waals surface area contributed by atoms with Crippen molar-refractivity contribution in [2.24, 2.45) is 5.92 Å². The summed E-state index contributed by atoms with van der Waals surface area (Å²) >= 11 is 0. The topological polar surface area (TPSA) is 77.8 Å². The van der Waals surface area contributed by atoms with Crippen LogP contribution in [0, 0.1) is 5.92 Å². The normalized spacial score (nSPS) is 28.3. The predicted molar refractivity (Wildman–Crippen MR) is 80.7 cm³/mol. The van der Waals surface area contributed by atoms with E-state index in [1.807, 2.05) is 6.07 Å². The van der Waals surface area contributed by atoms with Gasteiger partial charge in [0, 0.05) is 12.6 Å². The van der Waals surface area contributed by atoms with E-state index in [2.05, 4.69) is 4.90 Å². The third kappa shape index (κ3) is 2.86. The van der Waals surface area contributed by atoms with Crippen LogP contribution in [-0.4, -0.2) is 39.1 Å². The maximum absolute atomic E-state index is 11.6. The molecule has 1 saturated carbocycles. The standard InChI is InChI=1S/C17H21NO4/c19-16(20)13-6-3-4-11(8-13)10-18-14-7-2-1-5-12(14)9-15(18)17(21)22/h3-4,6,8,12,14-15H,1-2,5,7,9-10H2,(H,19,20)(H,21,22). The van der Waals surface area contributed by atoms with Gasteiger partial charge in [-0.25, -0.2) is 4.79 Å². The Morgan fingerprint density at radius 2 is 1.95 bits per heavy atom. The lowest BCUT2D eigenvalue weighted by atomic mass is 9.84. The van der Waals surface area contributed by atoms with Gasteiger partial charge in [-0.2, -0.15) is 0 Å². The molecule has 2 aliphatic rings. The smallest absolute Gasteiger partial charge is 0.335 e. The predicted octanol–water partition coefficient (Wildman–Crippen LogP) is 2.60. The molecular weight excluding hydrogens is 282 g/mol. The molecular formula is C17H21NO4. The number of carboxylic acids is 2. The Kier molecular flexibility index (Phi) is 4.16. The molecule has 1 saturated heterocycles. The van der Waals surface area contributed by atoms with Gasteiger partial charge >= 0.3 is 11.9 Å². The van der Waals surface area contributed by atoms with E-state index >= 15 is 0 Å². The number of aromatic carboxylic acids is 1.